The van der Waals surface area contributed by atoms with Gasteiger partial charge >= 0.3 is 0 Å². The van der Waals surface area contributed by atoms with Crippen LogP contribution in [0.5, 0.6) is 0 Å². The van der Waals surface area contributed by atoms with Crippen molar-refractivity contribution in [2.24, 2.45) is 0 Å². The van der Waals surface area contributed by atoms with Crippen LogP contribution in [0.15, 0.2) is 24.3 Å². The number of benzene rings is 1. The molecular weight excluding hydrogens is 298 g/mol. The Bertz CT molecular complexity index is 479. The third-order valence-electron chi connectivity index (χ3n) is 4.37. The van der Waals surface area contributed by atoms with E-state index in [2.05, 4.69) is 12.2 Å². The standard InChI is InChI=1S/C21H33NO2/c1-3-4-5-6-7-8-9-10-11-12-17-22-21(24)20-15-13-19(14-16-20)18(2)23/h13-16H,3-12,17H2,1-2H3,(H,22,24). The van der Waals surface area contributed by atoms with Crippen LogP contribution in [0.2, 0.25) is 0 Å². The molecule has 0 aliphatic carbocycles. The zero-order chi connectivity index (χ0) is 17.6. The summed E-state index contributed by atoms with van der Waals surface area (Å²) in [4.78, 5) is 23.2. The summed E-state index contributed by atoms with van der Waals surface area (Å²) in [6.45, 7) is 4.50. The van der Waals surface area contributed by atoms with Crippen LogP contribution >= 0.6 is 0 Å². The van der Waals surface area contributed by atoms with Gasteiger partial charge < -0.3 is 5.32 Å². The lowest BCUT2D eigenvalue weighted by Gasteiger charge is -2.06. The number of nitrogens with one attached hydrogen (secondary N) is 1. The van der Waals surface area contributed by atoms with Gasteiger partial charge in [-0.2, -0.15) is 0 Å². The number of amides is 1. The van der Waals surface area contributed by atoms with Crippen LogP contribution in [0.4, 0.5) is 0 Å². The first-order valence-electron chi connectivity index (χ1n) is 9.54. The second-order valence-electron chi connectivity index (χ2n) is 6.57. The number of carbonyl (C=O) groups is 2. The Balaban J connectivity index is 2.02. The van der Waals surface area contributed by atoms with Crippen LogP contribution in [0.3, 0.4) is 0 Å². The van der Waals surface area contributed by atoms with Gasteiger partial charge in [0, 0.05) is 17.7 Å². The lowest BCUT2D eigenvalue weighted by molar-refractivity contribution is 0.0950. The molecule has 1 aromatic rings. The van der Waals surface area contributed by atoms with Crippen molar-refractivity contribution in [1.29, 1.82) is 0 Å². The fourth-order valence-corrected chi connectivity index (χ4v) is 2.77. The Morgan fingerprint density at radius 3 is 1.71 bits per heavy atom. The molecule has 0 spiro atoms. The largest absolute Gasteiger partial charge is 0.352 e. The van der Waals surface area contributed by atoms with E-state index >= 15 is 0 Å². The molecule has 3 heteroatoms. The molecule has 1 aromatic carbocycles. The summed E-state index contributed by atoms with van der Waals surface area (Å²) in [6.07, 6.45) is 13.0. The Kier molecular flexibility index (Phi) is 10.8. The lowest BCUT2D eigenvalue weighted by Crippen LogP contribution is -2.24. The highest BCUT2D eigenvalue weighted by Crippen LogP contribution is 2.10. The van der Waals surface area contributed by atoms with E-state index in [1.807, 2.05) is 0 Å². The number of ketones is 1. The molecule has 0 fully saturated rings. The Morgan fingerprint density at radius 2 is 1.21 bits per heavy atom. The molecule has 0 aromatic heterocycles. The summed E-state index contributed by atoms with van der Waals surface area (Å²) >= 11 is 0. The SMILES string of the molecule is CCCCCCCCCCCCNC(=O)c1ccc(C(C)=O)cc1. The Morgan fingerprint density at radius 1 is 0.750 bits per heavy atom. The van der Waals surface area contributed by atoms with Crippen LogP contribution in [0.25, 0.3) is 0 Å². The van der Waals surface area contributed by atoms with Crippen molar-refractivity contribution < 1.29 is 9.59 Å². The van der Waals surface area contributed by atoms with Crippen molar-refractivity contribution >= 4 is 11.7 Å². The minimum Gasteiger partial charge on any atom is -0.352 e. The van der Waals surface area contributed by atoms with Gasteiger partial charge in [0.25, 0.3) is 5.91 Å². The highest BCUT2D eigenvalue weighted by Gasteiger charge is 2.05. The fraction of sp³-hybridized carbons (Fsp3) is 0.619. The predicted octanol–water partition coefficient (Wildman–Crippen LogP) is 5.54. The van der Waals surface area contributed by atoms with Crippen molar-refractivity contribution in [3.05, 3.63) is 35.4 Å². The van der Waals surface area contributed by atoms with E-state index in [-0.39, 0.29) is 11.7 Å². The quantitative estimate of drug-likeness (QED) is 0.381. The maximum atomic E-state index is 12.0. The number of unbranched alkanes of at least 4 members (excludes halogenated alkanes) is 9. The molecule has 0 bridgehead atoms. The van der Waals surface area contributed by atoms with Crippen molar-refractivity contribution in [3.63, 3.8) is 0 Å². The Labute approximate surface area is 147 Å². The number of rotatable bonds is 13. The van der Waals surface area contributed by atoms with Crippen molar-refractivity contribution in [2.75, 3.05) is 6.54 Å². The van der Waals surface area contributed by atoms with Gasteiger partial charge in [0.05, 0.1) is 0 Å². The summed E-state index contributed by atoms with van der Waals surface area (Å²) in [5.41, 5.74) is 1.26. The first kappa shape index (κ1) is 20.4. The average molecular weight is 332 g/mol. The van der Waals surface area contributed by atoms with Gasteiger partial charge in [0.15, 0.2) is 5.78 Å². The van der Waals surface area contributed by atoms with Crippen molar-refractivity contribution in [1.82, 2.24) is 5.32 Å². The summed E-state index contributed by atoms with van der Waals surface area (Å²) in [5.74, 6) is -0.0339. The predicted molar refractivity (Wildman–Crippen MR) is 101 cm³/mol. The second kappa shape index (κ2) is 12.7. The Hall–Kier alpha value is -1.64. The smallest absolute Gasteiger partial charge is 0.251 e. The molecule has 0 radical (unpaired) electrons. The molecule has 0 aliphatic heterocycles. The van der Waals surface area contributed by atoms with Gasteiger partial charge in [0.2, 0.25) is 0 Å². The van der Waals surface area contributed by atoms with Gasteiger partial charge in [-0.1, -0.05) is 76.8 Å². The van der Waals surface area contributed by atoms with Gasteiger partial charge in [-0.15, -0.1) is 0 Å². The summed E-state index contributed by atoms with van der Waals surface area (Å²) in [5, 5.41) is 2.95. The van der Waals surface area contributed by atoms with E-state index in [0.717, 1.165) is 13.0 Å². The molecule has 0 saturated heterocycles. The molecule has 3 nitrogen and oxygen atoms in total. The van der Waals surface area contributed by atoms with Crippen LogP contribution in [0, 0.1) is 0 Å². The minimum atomic E-state index is -0.0546. The molecule has 0 aliphatic rings. The highest BCUT2D eigenvalue weighted by atomic mass is 16.1. The maximum absolute atomic E-state index is 12.0. The fourth-order valence-electron chi connectivity index (χ4n) is 2.77. The minimum absolute atomic E-state index is 0.0207. The van der Waals surface area contributed by atoms with E-state index in [9.17, 15) is 9.59 Å². The van der Waals surface area contributed by atoms with Crippen LogP contribution in [-0.2, 0) is 0 Å². The first-order chi connectivity index (χ1) is 11.6. The molecule has 1 N–H and O–H groups in total. The summed E-state index contributed by atoms with van der Waals surface area (Å²) < 4.78 is 0. The van der Waals surface area contributed by atoms with Crippen LogP contribution in [0.1, 0.15) is 98.8 Å². The molecule has 1 rings (SSSR count). The molecule has 24 heavy (non-hydrogen) atoms. The lowest BCUT2D eigenvalue weighted by atomic mass is 10.1. The summed E-state index contributed by atoms with van der Waals surface area (Å²) in [6, 6.07) is 6.84. The molecule has 1 amide bonds. The average Bonchev–Trinajstić information content (AvgIpc) is 2.59. The third kappa shape index (κ3) is 8.85. The monoisotopic (exact) mass is 331 g/mol. The van der Waals surface area contributed by atoms with E-state index in [4.69, 9.17) is 0 Å². The number of hydrogen-bond donors (Lipinski definition) is 1. The van der Waals surface area contributed by atoms with Gasteiger partial charge in [-0.05, 0) is 25.5 Å². The second-order valence-corrected chi connectivity index (χ2v) is 6.57. The zero-order valence-electron chi connectivity index (χ0n) is 15.4. The van der Waals surface area contributed by atoms with Crippen molar-refractivity contribution in [2.45, 2.75) is 78.1 Å². The van der Waals surface area contributed by atoms with E-state index < -0.39 is 0 Å². The first-order valence-corrected chi connectivity index (χ1v) is 9.54. The maximum Gasteiger partial charge on any atom is 0.251 e. The van der Waals surface area contributed by atoms with E-state index in [1.165, 1.54) is 64.7 Å². The van der Waals surface area contributed by atoms with Gasteiger partial charge in [-0.3, -0.25) is 9.59 Å². The molecule has 0 unspecified atom stereocenters. The summed E-state index contributed by atoms with van der Waals surface area (Å²) in [7, 11) is 0. The van der Waals surface area contributed by atoms with Crippen molar-refractivity contribution in [3.8, 4) is 0 Å². The zero-order valence-corrected chi connectivity index (χ0v) is 15.4. The molecular formula is C21H33NO2. The number of hydrogen-bond acceptors (Lipinski definition) is 2. The molecule has 0 saturated carbocycles. The number of Topliss-reactive ketones (excluding diaryl/α,β-unsaturated/α-hetero) is 1. The topological polar surface area (TPSA) is 46.2 Å². The van der Waals surface area contributed by atoms with Gasteiger partial charge in [-0.25, -0.2) is 0 Å². The highest BCUT2D eigenvalue weighted by molar-refractivity contribution is 5.97. The normalized spacial score (nSPS) is 10.6. The number of carbonyl (C=O) groups excluding carboxylic acids is 2. The third-order valence-corrected chi connectivity index (χ3v) is 4.37. The molecule has 0 atom stereocenters. The van der Waals surface area contributed by atoms with E-state index in [0.29, 0.717) is 11.1 Å². The van der Waals surface area contributed by atoms with Crippen LogP contribution < -0.4 is 5.32 Å². The van der Waals surface area contributed by atoms with Crippen LogP contribution in [-0.4, -0.2) is 18.2 Å². The molecule has 0 heterocycles. The molecule has 134 valence electrons. The van der Waals surface area contributed by atoms with E-state index in [1.54, 1.807) is 24.3 Å². The van der Waals surface area contributed by atoms with Gasteiger partial charge in [0.1, 0.15) is 0 Å².